The lowest BCUT2D eigenvalue weighted by molar-refractivity contribution is 0.295. The maximum absolute atomic E-state index is 13.5. The van der Waals surface area contributed by atoms with E-state index in [1.807, 2.05) is 12.1 Å². The summed E-state index contributed by atoms with van der Waals surface area (Å²) in [5.41, 5.74) is 1.24. The van der Waals surface area contributed by atoms with Crippen LogP contribution in [0.3, 0.4) is 0 Å². The maximum Gasteiger partial charge on any atom is 0.148 e. The van der Waals surface area contributed by atoms with Crippen LogP contribution in [0.15, 0.2) is 39.3 Å². The van der Waals surface area contributed by atoms with Gasteiger partial charge in [0.15, 0.2) is 0 Å². The minimum absolute atomic E-state index is 0.0472. The average Bonchev–Trinajstić information content (AvgIpc) is 2.41. The summed E-state index contributed by atoms with van der Waals surface area (Å²) in [5.74, 6) is -0.424. The van der Waals surface area contributed by atoms with Crippen LogP contribution in [0.4, 0.5) is 8.78 Å². The predicted octanol–water partition coefficient (Wildman–Crippen LogP) is 5.96. The molecule has 0 atom stereocenters. The Morgan fingerprint density at radius 3 is 2.25 bits per heavy atom. The first kappa shape index (κ1) is 15.9. The van der Waals surface area contributed by atoms with Crippen LogP contribution in [0.25, 0.3) is 0 Å². The summed E-state index contributed by atoms with van der Waals surface area (Å²) in [6.45, 7) is -0.0472. The summed E-state index contributed by atoms with van der Waals surface area (Å²) in [4.78, 5) is 0. The number of halogens is 5. The van der Waals surface area contributed by atoms with E-state index in [4.69, 9.17) is 4.74 Å². The Balaban J connectivity index is 2.21. The van der Waals surface area contributed by atoms with Gasteiger partial charge < -0.3 is 4.74 Å². The third kappa shape index (κ3) is 3.80. The average molecular weight is 471 g/mol. The molecule has 2 aromatic rings. The molecule has 0 aromatic heterocycles. The second kappa shape index (κ2) is 7.00. The Labute approximate surface area is 140 Å². The fraction of sp³-hybridized carbons (Fsp3) is 0.143. The van der Waals surface area contributed by atoms with Crippen LogP contribution in [-0.2, 0) is 11.9 Å². The summed E-state index contributed by atoms with van der Waals surface area (Å²) in [6.07, 6.45) is 0. The van der Waals surface area contributed by atoms with E-state index in [1.165, 1.54) is 0 Å². The zero-order valence-corrected chi connectivity index (χ0v) is 14.9. The topological polar surface area (TPSA) is 9.23 Å². The Bertz CT molecular complexity index is 609. The summed E-state index contributed by atoms with van der Waals surface area (Å²) in [6, 6.07) is 7.10. The van der Waals surface area contributed by atoms with E-state index in [0.29, 0.717) is 11.1 Å². The van der Waals surface area contributed by atoms with Crippen molar-refractivity contribution in [3.63, 3.8) is 0 Å². The molecule has 0 saturated carbocycles. The molecular weight excluding hydrogens is 462 g/mol. The van der Waals surface area contributed by atoms with Gasteiger partial charge in [0.05, 0.1) is 8.95 Å². The smallest absolute Gasteiger partial charge is 0.148 e. The van der Waals surface area contributed by atoms with Gasteiger partial charge in [0.2, 0.25) is 0 Å². The van der Waals surface area contributed by atoms with Gasteiger partial charge in [-0.25, -0.2) is 8.78 Å². The summed E-state index contributed by atoms with van der Waals surface area (Å²) >= 11 is 10.2. The zero-order valence-electron chi connectivity index (χ0n) is 10.1. The fourth-order valence-corrected chi connectivity index (χ4v) is 3.47. The molecule has 0 fully saturated rings. The van der Waals surface area contributed by atoms with Crippen LogP contribution in [0.2, 0.25) is 0 Å². The van der Waals surface area contributed by atoms with Crippen molar-refractivity contribution in [1.82, 2.24) is 0 Å². The number of ether oxygens (including phenoxy) is 1. The number of hydrogen-bond donors (Lipinski definition) is 0. The van der Waals surface area contributed by atoms with E-state index >= 15 is 0 Å². The molecule has 0 amide bonds. The van der Waals surface area contributed by atoms with Gasteiger partial charge >= 0.3 is 0 Å². The molecule has 0 aliphatic carbocycles. The minimum Gasteiger partial charge on any atom is -0.486 e. The van der Waals surface area contributed by atoms with Gasteiger partial charge in [-0.15, -0.1) is 0 Å². The minimum atomic E-state index is -0.490. The zero-order chi connectivity index (χ0) is 14.7. The Kier molecular flexibility index (Phi) is 5.57. The molecule has 0 unspecified atom stereocenters. The molecule has 0 heterocycles. The first-order chi connectivity index (χ1) is 9.51. The highest BCUT2D eigenvalue weighted by molar-refractivity contribution is 9.11. The molecule has 0 aliphatic rings. The highest BCUT2D eigenvalue weighted by Gasteiger charge is 2.11. The van der Waals surface area contributed by atoms with Crippen LogP contribution < -0.4 is 4.74 Å². The molecule has 1 nitrogen and oxygen atoms in total. The van der Waals surface area contributed by atoms with Crippen molar-refractivity contribution in [2.24, 2.45) is 0 Å². The Hall–Kier alpha value is -0.460. The van der Waals surface area contributed by atoms with Crippen LogP contribution in [0.5, 0.6) is 5.75 Å². The van der Waals surface area contributed by atoms with Crippen molar-refractivity contribution in [2.75, 3.05) is 0 Å². The van der Waals surface area contributed by atoms with Gasteiger partial charge in [0, 0.05) is 10.9 Å². The van der Waals surface area contributed by atoms with E-state index < -0.39 is 11.6 Å². The molecule has 2 rings (SSSR count). The number of alkyl halides is 1. The highest BCUT2D eigenvalue weighted by atomic mass is 79.9. The van der Waals surface area contributed by atoms with E-state index in [-0.39, 0.29) is 12.2 Å². The quantitative estimate of drug-likeness (QED) is 0.501. The van der Waals surface area contributed by atoms with Crippen molar-refractivity contribution in [3.8, 4) is 5.75 Å². The van der Waals surface area contributed by atoms with Gasteiger partial charge in [-0.2, -0.15) is 0 Å². The third-order valence-electron chi connectivity index (χ3n) is 2.59. The second-order valence-electron chi connectivity index (χ2n) is 4.05. The Morgan fingerprint density at radius 1 is 1.00 bits per heavy atom. The van der Waals surface area contributed by atoms with Gasteiger partial charge in [-0.1, -0.05) is 15.9 Å². The fourth-order valence-electron chi connectivity index (χ4n) is 1.63. The summed E-state index contributed by atoms with van der Waals surface area (Å²) < 4.78 is 33.7. The van der Waals surface area contributed by atoms with Crippen LogP contribution >= 0.6 is 47.8 Å². The molecule has 0 spiro atoms. The van der Waals surface area contributed by atoms with Crippen molar-refractivity contribution in [1.29, 1.82) is 0 Å². The molecule has 0 aliphatic heterocycles. The number of rotatable bonds is 4. The van der Waals surface area contributed by atoms with Crippen molar-refractivity contribution in [2.45, 2.75) is 11.9 Å². The molecule has 0 saturated heterocycles. The van der Waals surface area contributed by atoms with Crippen molar-refractivity contribution < 1.29 is 13.5 Å². The first-order valence-electron chi connectivity index (χ1n) is 5.62. The molecule has 106 valence electrons. The third-order valence-corrected chi connectivity index (χ3v) is 4.42. The lowest BCUT2D eigenvalue weighted by Gasteiger charge is -2.12. The maximum atomic E-state index is 13.5. The molecule has 0 bridgehead atoms. The highest BCUT2D eigenvalue weighted by Crippen LogP contribution is 2.36. The molecule has 20 heavy (non-hydrogen) atoms. The lowest BCUT2D eigenvalue weighted by Crippen LogP contribution is -2.00. The molecule has 0 N–H and O–H groups in total. The number of hydrogen-bond acceptors (Lipinski definition) is 1. The normalized spacial score (nSPS) is 10.7. The van der Waals surface area contributed by atoms with E-state index in [0.717, 1.165) is 32.7 Å². The molecule has 6 heteroatoms. The monoisotopic (exact) mass is 468 g/mol. The summed E-state index contributed by atoms with van der Waals surface area (Å²) in [5, 5.41) is 0.711. The Morgan fingerprint density at radius 2 is 1.65 bits per heavy atom. The van der Waals surface area contributed by atoms with Crippen LogP contribution in [0, 0.1) is 11.6 Å². The predicted molar refractivity (Wildman–Crippen MR) is 85.2 cm³/mol. The van der Waals surface area contributed by atoms with E-state index in [1.54, 1.807) is 0 Å². The van der Waals surface area contributed by atoms with Gasteiger partial charge in [0.25, 0.3) is 0 Å². The van der Waals surface area contributed by atoms with Gasteiger partial charge in [0.1, 0.15) is 24.0 Å². The van der Waals surface area contributed by atoms with Crippen LogP contribution in [-0.4, -0.2) is 0 Å². The second-order valence-corrected chi connectivity index (χ2v) is 6.32. The molecule has 0 radical (unpaired) electrons. The van der Waals surface area contributed by atoms with Crippen LogP contribution in [0.1, 0.15) is 11.1 Å². The van der Waals surface area contributed by atoms with E-state index in [9.17, 15) is 8.78 Å². The molecular formula is C14H9Br3F2O. The van der Waals surface area contributed by atoms with Crippen molar-refractivity contribution >= 4 is 47.8 Å². The van der Waals surface area contributed by atoms with Crippen molar-refractivity contribution in [3.05, 3.63) is 62.0 Å². The molecule has 2 aromatic carbocycles. The van der Waals surface area contributed by atoms with E-state index in [2.05, 4.69) is 47.8 Å². The number of benzene rings is 2. The summed E-state index contributed by atoms with van der Waals surface area (Å²) in [7, 11) is 0. The lowest BCUT2D eigenvalue weighted by atomic mass is 10.2. The van der Waals surface area contributed by atoms with Gasteiger partial charge in [-0.3, -0.25) is 0 Å². The largest absolute Gasteiger partial charge is 0.486 e. The first-order valence-corrected chi connectivity index (χ1v) is 8.32. The van der Waals surface area contributed by atoms with Gasteiger partial charge in [-0.05, 0) is 67.8 Å². The SMILES string of the molecule is Fc1ccc(F)c(COc2c(Br)cc(CBr)cc2Br)c1. The standard InChI is InChI=1S/C14H9Br3F2O/c15-6-8-3-11(16)14(12(17)4-8)20-7-9-5-10(18)1-2-13(9)19/h1-5H,6-7H2.